The van der Waals surface area contributed by atoms with Gasteiger partial charge in [0.2, 0.25) is 5.69 Å². The van der Waals surface area contributed by atoms with Crippen molar-refractivity contribution in [1.82, 2.24) is 19.1 Å². The molecule has 0 aliphatic rings. The highest BCUT2D eigenvalue weighted by Crippen LogP contribution is 2.54. The Bertz CT molecular complexity index is 3980. The molecule has 13 aromatic rings. The molecule has 0 radical (unpaired) electrons. The lowest BCUT2D eigenvalue weighted by molar-refractivity contribution is 1.13. The molecule has 0 aliphatic heterocycles. The topological polar surface area (TPSA) is 63.8 Å². The predicted molar refractivity (Wildman–Crippen MR) is 252 cm³/mol. The van der Waals surface area contributed by atoms with Gasteiger partial charge in [-0.3, -0.25) is 9.97 Å². The van der Waals surface area contributed by atoms with Gasteiger partial charge in [0, 0.05) is 76.0 Å². The van der Waals surface area contributed by atoms with Gasteiger partial charge in [-0.1, -0.05) is 127 Å². The zero-order valence-electron chi connectivity index (χ0n) is 32.3. The van der Waals surface area contributed by atoms with Crippen LogP contribution in [0.25, 0.3) is 124 Å². The standard InChI is InChI=1S/C54H28N6S/c1-56-51-44(31-14-4-2-5-15-31)38(30-55)52(59-39-22-12-10-21-37(39)46-40(59)25-24-36-33-18-11-13-23-43(33)61-54(36)46)45(32-16-6-3-7-17-32)53(51)60-41-26-28-57-49-34-19-8-9-20-35(34)50-48(47(41)49)42(60)27-29-58-50/h2-29H. The molecule has 0 atom stereocenters. The SMILES string of the molecule is [C-]#[N+]c1c(-c2ccccc2)c(C#N)c(-n2c3ccccc3c3c4sc5ccccc5c4ccc32)c(-c2ccccc2)c1-n1c2ccnc3c4ccccc4c4nccc1c4c32. The summed E-state index contributed by atoms with van der Waals surface area (Å²) < 4.78 is 6.97. The van der Waals surface area contributed by atoms with Gasteiger partial charge < -0.3 is 9.13 Å². The molecule has 0 spiro atoms. The summed E-state index contributed by atoms with van der Waals surface area (Å²) in [6.45, 7) is 9.15. The van der Waals surface area contributed by atoms with Gasteiger partial charge in [0.15, 0.2) is 0 Å². The summed E-state index contributed by atoms with van der Waals surface area (Å²) in [5, 5.41) is 20.4. The summed E-state index contributed by atoms with van der Waals surface area (Å²) in [4.78, 5) is 14.5. The van der Waals surface area contributed by atoms with Crippen molar-refractivity contribution in [2.24, 2.45) is 0 Å². The lowest BCUT2D eigenvalue weighted by Crippen LogP contribution is -2.08. The first-order valence-corrected chi connectivity index (χ1v) is 20.9. The number of rotatable bonds is 4. The lowest BCUT2D eigenvalue weighted by Gasteiger charge is -2.25. The number of aromatic nitrogens is 4. The summed E-state index contributed by atoms with van der Waals surface area (Å²) in [5.41, 5.74) is 10.9. The minimum Gasteiger partial charge on any atom is -0.318 e. The highest BCUT2D eigenvalue weighted by Gasteiger charge is 2.33. The third-order valence-electron chi connectivity index (χ3n) is 12.4. The van der Waals surface area contributed by atoms with E-state index in [4.69, 9.17) is 16.5 Å². The van der Waals surface area contributed by atoms with E-state index in [0.29, 0.717) is 22.5 Å². The Balaban J connectivity index is 1.31. The Labute approximate surface area is 352 Å². The second-order valence-electron chi connectivity index (χ2n) is 15.4. The molecule has 0 aliphatic carbocycles. The van der Waals surface area contributed by atoms with Crippen LogP contribution in [0.2, 0.25) is 0 Å². The van der Waals surface area contributed by atoms with Crippen molar-refractivity contribution in [3.05, 3.63) is 187 Å². The first kappa shape index (κ1) is 33.6. The molecule has 0 fully saturated rings. The number of fused-ring (bicyclic) bond motifs is 10. The minimum absolute atomic E-state index is 0.394. The molecule has 0 saturated carbocycles. The zero-order chi connectivity index (χ0) is 40.3. The van der Waals surface area contributed by atoms with Crippen LogP contribution >= 0.6 is 11.3 Å². The first-order chi connectivity index (χ1) is 30.2. The van der Waals surface area contributed by atoms with Crippen molar-refractivity contribution >= 4 is 103 Å². The number of nitrogens with zero attached hydrogens (tertiary/aromatic N) is 6. The number of pyridine rings is 2. The van der Waals surface area contributed by atoms with Crippen molar-refractivity contribution in [3.8, 4) is 39.7 Å². The Morgan fingerprint density at radius 3 is 1.67 bits per heavy atom. The summed E-state index contributed by atoms with van der Waals surface area (Å²) in [7, 11) is 0. The largest absolute Gasteiger partial charge is 0.318 e. The van der Waals surface area contributed by atoms with Gasteiger partial charge in [0.05, 0.1) is 56.6 Å². The van der Waals surface area contributed by atoms with Gasteiger partial charge in [-0.2, -0.15) is 5.26 Å². The maximum absolute atomic E-state index is 11.7. The van der Waals surface area contributed by atoms with Crippen LogP contribution in [0.4, 0.5) is 5.69 Å². The number of benzene rings is 8. The van der Waals surface area contributed by atoms with E-state index in [1.54, 1.807) is 11.3 Å². The second-order valence-corrected chi connectivity index (χ2v) is 16.5. The van der Waals surface area contributed by atoms with Crippen LogP contribution in [0.3, 0.4) is 0 Å². The van der Waals surface area contributed by atoms with E-state index in [1.807, 2.05) is 73.1 Å². The average Bonchev–Trinajstić information content (AvgIpc) is 3.99. The van der Waals surface area contributed by atoms with Crippen LogP contribution in [-0.2, 0) is 0 Å². The van der Waals surface area contributed by atoms with Crippen molar-refractivity contribution in [3.63, 3.8) is 0 Å². The van der Waals surface area contributed by atoms with Crippen LogP contribution in [0.15, 0.2) is 170 Å². The monoisotopic (exact) mass is 792 g/mol. The Hall–Kier alpha value is -8.36. The number of nitriles is 1. The highest BCUT2D eigenvalue weighted by atomic mass is 32.1. The molecule has 5 aromatic heterocycles. The number of para-hydroxylation sites is 1. The molecular weight excluding hydrogens is 765 g/mol. The predicted octanol–water partition coefficient (Wildman–Crippen LogP) is 14.5. The van der Waals surface area contributed by atoms with E-state index in [0.717, 1.165) is 87.8 Å². The molecular formula is C54H28N6S. The smallest absolute Gasteiger partial charge is 0.220 e. The van der Waals surface area contributed by atoms with E-state index < -0.39 is 0 Å². The summed E-state index contributed by atoms with van der Waals surface area (Å²) in [6, 6.07) is 56.9. The van der Waals surface area contributed by atoms with Gasteiger partial charge in [0.25, 0.3) is 0 Å². The molecule has 5 heterocycles. The summed E-state index contributed by atoms with van der Waals surface area (Å²) >= 11 is 1.80. The van der Waals surface area contributed by atoms with Gasteiger partial charge >= 0.3 is 0 Å². The van der Waals surface area contributed by atoms with Crippen LogP contribution in [0.5, 0.6) is 0 Å². The quantitative estimate of drug-likeness (QED) is 0.132. The van der Waals surface area contributed by atoms with Gasteiger partial charge in [-0.05, 0) is 41.5 Å². The zero-order valence-corrected chi connectivity index (χ0v) is 33.1. The molecule has 6 nitrogen and oxygen atoms in total. The summed E-state index contributed by atoms with van der Waals surface area (Å²) in [6.07, 6.45) is 3.74. The summed E-state index contributed by atoms with van der Waals surface area (Å²) in [5.74, 6) is 0. The molecule has 0 unspecified atom stereocenters. The molecule has 8 aromatic carbocycles. The minimum atomic E-state index is 0.394. The molecule has 61 heavy (non-hydrogen) atoms. The molecule has 0 amide bonds. The fourth-order valence-corrected chi connectivity index (χ4v) is 11.3. The van der Waals surface area contributed by atoms with Crippen molar-refractivity contribution < 1.29 is 0 Å². The Kier molecular flexibility index (Phi) is 6.92. The molecule has 0 N–H and O–H groups in total. The van der Waals surface area contributed by atoms with Crippen molar-refractivity contribution in [2.45, 2.75) is 0 Å². The van der Waals surface area contributed by atoms with Crippen LogP contribution < -0.4 is 0 Å². The number of thiophene rings is 1. The third kappa shape index (κ3) is 4.42. The molecule has 0 saturated heterocycles. The van der Waals surface area contributed by atoms with E-state index in [2.05, 4.69) is 117 Å². The molecule has 13 rings (SSSR count). The third-order valence-corrected chi connectivity index (χ3v) is 13.6. The van der Waals surface area contributed by atoms with Crippen LogP contribution in [-0.4, -0.2) is 19.1 Å². The van der Waals surface area contributed by atoms with Gasteiger partial charge in [-0.25, -0.2) is 4.85 Å². The van der Waals surface area contributed by atoms with Gasteiger partial charge in [0.1, 0.15) is 6.07 Å². The molecule has 280 valence electrons. The van der Waals surface area contributed by atoms with E-state index in [-0.39, 0.29) is 0 Å². The highest BCUT2D eigenvalue weighted by molar-refractivity contribution is 7.26. The number of hydrogen-bond donors (Lipinski definition) is 0. The Morgan fingerprint density at radius 1 is 0.492 bits per heavy atom. The lowest BCUT2D eigenvalue weighted by atomic mass is 9.88. The Morgan fingerprint density at radius 2 is 1.03 bits per heavy atom. The molecule has 7 heteroatoms. The van der Waals surface area contributed by atoms with E-state index in [1.165, 1.54) is 20.2 Å². The first-order valence-electron chi connectivity index (χ1n) is 20.1. The van der Waals surface area contributed by atoms with Crippen LogP contribution in [0, 0.1) is 17.9 Å². The maximum atomic E-state index is 11.7. The fraction of sp³-hybridized carbons (Fsp3) is 0. The fourth-order valence-electron chi connectivity index (χ4n) is 10.1. The van der Waals surface area contributed by atoms with E-state index in [9.17, 15) is 5.26 Å². The van der Waals surface area contributed by atoms with E-state index >= 15 is 0 Å². The maximum Gasteiger partial charge on any atom is 0.220 e. The van der Waals surface area contributed by atoms with Crippen molar-refractivity contribution in [2.75, 3.05) is 0 Å². The van der Waals surface area contributed by atoms with Gasteiger partial charge in [-0.15, -0.1) is 11.3 Å². The number of hydrogen-bond acceptors (Lipinski definition) is 4. The van der Waals surface area contributed by atoms with Crippen LogP contribution in [0.1, 0.15) is 5.56 Å². The molecule has 0 bridgehead atoms. The second kappa shape index (κ2) is 12.6. The van der Waals surface area contributed by atoms with Crippen molar-refractivity contribution in [1.29, 1.82) is 5.26 Å². The normalized spacial score (nSPS) is 11.9. The average molecular weight is 793 g/mol.